The minimum absolute atomic E-state index is 0.252. The van der Waals surface area contributed by atoms with E-state index in [4.69, 9.17) is 11.6 Å². The van der Waals surface area contributed by atoms with E-state index in [1.54, 1.807) is 26.0 Å². The molecule has 6 heteroatoms. The zero-order valence-corrected chi connectivity index (χ0v) is 10.1. The fourth-order valence-electron chi connectivity index (χ4n) is 1.38. The van der Waals surface area contributed by atoms with Gasteiger partial charge in [-0.3, -0.25) is 0 Å². The summed E-state index contributed by atoms with van der Waals surface area (Å²) in [5.41, 5.74) is 0.252. The largest absolute Gasteiger partial charge is 0.206 e. The van der Waals surface area contributed by atoms with E-state index in [1.807, 2.05) is 0 Å². The molecule has 0 N–H and O–H groups in total. The molecule has 1 aromatic heterocycles. The maximum atomic E-state index is 13.5. The second-order valence-corrected chi connectivity index (χ2v) is 3.89. The van der Waals surface area contributed by atoms with Crippen LogP contribution in [0.4, 0.5) is 4.39 Å². The quantitative estimate of drug-likeness (QED) is 0.771. The van der Waals surface area contributed by atoms with Gasteiger partial charge in [-0.15, -0.1) is 10.2 Å². The van der Waals surface area contributed by atoms with Gasteiger partial charge in [0.15, 0.2) is 11.6 Å². The molecule has 17 heavy (non-hydrogen) atoms. The third-order valence-electron chi connectivity index (χ3n) is 2.25. The van der Waals surface area contributed by atoms with E-state index < -0.39 is 5.82 Å². The molecule has 4 nitrogen and oxygen atoms in total. The maximum Gasteiger partial charge on any atom is 0.151 e. The van der Waals surface area contributed by atoms with E-state index in [0.29, 0.717) is 16.7 Å². The van der Waals surface area contributed by atoms with Gasteiger partial charge in [-0.2, -0.15) is 5.10 Å². The summed E-state index contributed by atoms with van der Waals surface area (Å²) in [7, 11) is 0. The monoisotopic (exact) mass is 252 g/mol. The van der Waals surface area contributed by atoms with Crippen LogP contribution in [0.2, 0.25) is 5.02 Å². The fourth-order valence-corrected chi connectivity index (χ4v) is 1.59. The summed E-state index contributed by atoms with van der Waals surface area (Å²) in [6, 6.07) is 4.49. The van der Waals surface area contributed by atoms with Gasteiger partial charge in [-0.05, 0) is 26.0 Å². The van der Waals surface area contributed by atoms with Gasteiger partial charge in [0.2, 0.25) is 0 Å². The zero-order chi connectivity index (χ0) is 12.4. The lowest BCUT2D eigenvalue weighted by Gasteiger charge is -2.00. The molecule has 0 aliphatic carbocycles. The normalized spacial score (nSPS) is 11.3. The minimum atomic E-state index is -0.412. The van der Waals surface area contributed by atoms with Crippen molar-refractivity contribution in [1.29, 1.82) is 0 Å². The number of halogens is 2. The van der Waals surface area contributed by atoms with Crippen molar-refractivity contribution in [3.8, 4) is 0 Å². The highest BCUT2D eigenvalue weighted by molar-refractivity contribution is 6.33. The van der Waals surface area contributed by atoms with Crippen molar-refractivity contribution < 1.29 is 4.39 Å². The maximum absolute atomic E-state index is 13.5. The summed E-state index contributed by atoms with van der Waals surface area (Å²) >= 11 is 5.88. The second-order valence-electron chi connectivity index (χ2n) is 3.49. The molecule has 88 valence electrons. The Morgan fingerprint density at radius 3 is 2.53 bits per heavy atom. The van der Waals surface area contributed by atoms with Gasteiger partial charge in [-0.25, -0.2) is 9.07 Å². The van der Waals surface area contributed by atoms with E-state index in [9.17, 15) is 4.39 Å². The molecule has 0 saturated carbocycles. The molecule has 0 aliphatic heterocycles. The molecule has 0 radical (unpaired) electrons. The summed E-state index contributed by atoms with van der Waals surface area (Å²) in [6.07, 6.45) is 1.36. The molecule has 0 bridgehead atoms. The minimum Gasteiger partial charge on any atom is -0.206 e. The summed E-state index contributed by atoms with van der Waals surface area (Å²) in [4.78, 5) is 0. The molecule has 0 amide bonds. The predicted molar refractivity (Wildman–Crippen MR) is 63.9 cm³/mol. The Morgan fingerprint density at radius 1 is 1.29 bits per heavy atom. The van der Waals surface area contributed by atoms with Crippen LogP contribution in [0.3, 0.4) is 0 Å². The number of aromatic nitrogens is 3. The molecule has 0 saturated heterocycles. The second kappa shape index (κ2) is 4.63. The first-order valence-electron chi connectivity index (χ1n) is 4.96. The molecule has 0 aliphatic rings. The van der Waals surface area contributed by atoms with Gasteiger partial charge in [0.25, 0.3) is 0 Å². The number of benzene rings is 1. The molecule has 1 heterocycles. The third kappa shape index (κ3) is 2.34. The first-order chi connectivity index (χ1) is 8.09. The average molecular weight is 253 g/mol. The Kier molecular flexibility index (Phi) is 3.19. The van der Waals surface area contributed by atoms with E-state index in [0.717, 1.165) is 0 Å². The van der Waals surface area contributed by atoms with Gasteiger partial charge < -0.3 is 0 Å². The Balaban J connectivity index is 2.39. The smallest absolute Gasteiger partial charge is 0.151 e. The molecule has 1 aromatic carbocycles. The Bertz CT molecular complexity index is 537. The van der Waals surface area contributed by atoms with Crippen molar-refractivity contribution in [2.45, 2.75) is 13.8 Å². The highest BCUT2D eigenvalue weighted by Gasteiger charge is 2.05. The van der Waals surface area contributed by atoms with Crippen molar-refractivity contribution in [2.75, 3.05) is 0 Å². The topological polar surface area (TPSA) is 43.1 Å². The average Bonchev–Trinajstić information content (AvgIpc) is 2.59. The van der Waals surface area contributed by atoms with Crippen LogP contribution in [0.25, 0.3) is 0 Å². The van der Waals surface area contributed by atoms with Gasteiger partial charge in [0, 0.05) is 5.56 Å². The number of nitrogens with zero attached hydrogens (tertiary/aromatic N) is 4. The van der Waals surface area contributed by atoms with Crippen LogP contribution in [0, 0.1) is 19.7 Å². The van der Waals surface area contributed by atoms with Gasteiger partial charge >= 0.3 is 0 Å². The van der Waals surface area contributed by atoms with Crippen molar-refractivity contribution in [3.63, 3.8) is 0 Å². The molecular weight excluding hydrogens is 243 g/mol. The van der Waals surface area contributed by atoms with E-state index in [1.165, 1.54) is 17.0 Å². The Hall–Kier alpha value is -1.75. The highest BCUT2D eigenvalue weighted by Crippen LogP contribution is 2.16. The molecule has 0 fully saturated rings. The number of aryl methyl sites for hydroxylation is 2. The van der Waals surface area contributed by atoms with E-state index >= 15 is 0 Å². The van der Waals surface area contributed by atoms with Crippen molar-refractivity contribution >= 4 is 17.8 Å². The van der Waals surface area contributed by atoms with Crippen LogP contribution >= 0.6 is 11.6 Å². The van der Waals surface area contributed by atoms with E-state index in [-0.39, 0.29) is 5.56 Å². The van der Waals surface area contributed by atoms with Crippen LogP contribution in [0.5, 0.6) is 0 Å². The highest BCUT2D eigenvalue weighted by atomic mass is 35.5. The van der Waals surface area contributed by atoms with Crippen molar-refractivity contribution in [1.82, 2.24) is 14.9 Å². The molecule has 2 aromatic rings. The summed E-state index contributed by atoms with van der Waals surface area (Å²) < 4.78 is 15.0. The van der Waals surface area contributed by atoms with Crippen LogP contribution < -0.4 is 0 Å². The first-order valence-corrected chi connectivity index (χ1v) is 5.34. The lowest BCUT2D eigenvalue weighted by Crippen LogP contribution is -1.98. The van der Waals surface area contributed by atoms with E-state index in [2.05, 4.69) is 15.3 Å². The molecule has 2 rings (SSSR count). The Labute approximate surface area is 103 Å². The standard InChI is InChI=1S/C11H10ClFN4/c1-7-15-16-8(2)17(7)14-6-9-10(12)4-3-5-11(9)13/h3-6H,1-2H3. The van der Waals surface area contributed by atoms with Gasteiger partial charge in [-0.1, -0.05) is 17.7 Å². The number of hydrogen-bond acceptors (Lipinski definition) is 3. The summed E-state index contributed by atoms with van der Waals surface area (Å²) in [6.45, 7) is 3.53. The first kappa shape index (κ1) is 11.7. The van der Waals surface area contributed by atoms with Gasteiger partial charge in [0.05, 0.1) is 11.2 Å². The van der Waals surface area contributed by atoms with Crippen LogP contribution in [-0.2, 0) is 0 Å². The van der Waals surface area contributed by atoms with Crippen LogP contribution in [0.15, 0.2) is 23.3 Å². The fraction of sp³-hybridized carbons (Fsp3) is 0.182. The zero-order valence-electron chi connectivity index (χ0n) is 9.35. The summed E-state index contributed by atoms with van der Waals surface area (Å²) in [5.74, 6) is 0.849. The van der Waals surface area contributed by atoms with Crippen molar-refractivity contribution in [3.05, 3.63) is 46.3 Å². The van der Waals surface area contributed by atoms with Crippen LogP contribution in [-0.4, -0.2) is 21.1 Å². The van der Waals surface area contributed by atoms with Crippen molar-refractivity contribution in [2.24, 2.45) is 5.10 Å². The SMILES string of the molecule is Cc1nnc(C)n1N=Cc1c(F)cccc1Cl. The lowest BCUT2D eigenvalue weighted by atomic mass is 10.2. The lowest BCUT2D eigenvalue weighted by molar-refractivity contribution is 0.625. The summed E-state index contributed by atoms with van der Waals surface area (Å²) in [5, 5.41) is 12.1. The van der Waals surface area contributed by atoms with Gasteiger partial charge in [0.1, 0.15) is 5.82 Å². The molecular formula is C11H10ClFN4. The molecule has 0 atom stereocenters. The molecule has 0 spiro atoms. The number of rotatable bonds is 2. The number of hydrogen-bond donors (Lipinski definition) is 0. The Morgan fingerprint density at radius 2 is 1.94 bits per heavy atom. The predicted octanol–water partition coefficient (Wildman–Crippen LogP) is 2.57. The molecule has 0 unspecified atom stereocenters. The van der Waals surface area contributed by atoms with Crippen LogP contribution in [0.1, 0.15) is 17.2 Å². The third-order valence-corrected chi connectivity index (χ3v) is 2.58.